The largest absolute Gasteiger partial charge is 0.412 e. The molecule has 26 heavy (non-hydrogen) atoms. The van der Waals surface area contributed by atoms with Crippen LogP contribution in [0.15, 0.2) is 46.2 Å². The Hall–Kier alpha value is -2.33. The molecule has 1 aliphatic carbocycles. The SMILES string of the molecule is N.O.O.O=c1[nH]ccc2c1c(Nc1ccc(S)cc1)nn2C1CCCC1. The van der Waals surface area contributed by atoms with Gasteiger partial charge in [-0.1, -0.05) is 12.8 Å². The van der Waals surface area contributed by atoms with Crippen molar-refractivity contribution in [2.75, 3.05) is 5.32 Å². The van der Waals surface area contributed by atoms with Crippen molar-refractivity contribution in [2.24, 2.45) is 0 Å². The minimum Gasteiger partial charge on any atom is -0.412 e. The maximum Gasteiger partial charge on any atom is 0.261 e. The number of fused-ring (bicyclic) bond motifs is 1. The smallest absolute Gasteiger partial charge is 0.261 e. The third kappa shape index (κ3) is 3.91. The van der Waals surface area contributed by atoms with E-state index in [1.807, 2.05) is 35.0 Å². The number of hydrogen-bond acceptors (Lipinski definition) is 5. The number of hydrogen-bond donors (Lipinski definition) is 4. The summed E-state index contributed by atoms with van der Waals surface area (Å²) in [5, 5.41) is 8.61. The van der Waals surface area contributed by atoms with Crippen LogP contribution in [0.25, 0.3) is 10.9 Å². The molecule has 0 bridgehead atoms. The van der Waals surface area contributed by atoms with E-state index in [0.29, 0.717) is 17.2 Å². The van der Waals surface area contributed by atoms with Gasteiger partial charge in [-0.05, 0) is 43.2 Å². The van der Waals surface area contributed by atoms with Gasteiger partial charge in [-0.15, -0.1) is 12.6 Å². The second-order valence-electron chi connectivity index (χ2n) is 5.97. The van der Waals surface area contributed by atoms with Gasteiger partial charge in [0, 0.05) is 16.8 Å². The number of benzene rings is 1. The molecular weight excluding hydrogens is 354 g/mol. The highest BCUT2D eigenvalue weighted by Crippen LogP contribution is 2.33. The third-order valence-electron chi connectivity index (χ3n) is 4.43. The summed E-state index contributed by atoms with van der Waals surface area (Å²) in [7, 11) is 0. The summed E-state index contributed by atoms with van der Waals surface area (Å²) in [5.41, 5.74) is 1.68. The van der Waals surface area contributed by atoms with Gasteiger partial charge in [0.25, 0.3) is 5.56 Å². The molecule has 0 amide bonds. The van der Waals surface area contributed by atoms with Gasteiger partial charge in [0.1, 0.15) is 5.39 Å². The molecule has 8 nitrogen and oxygen atoms in total. The van der Waals surface area contributed by atoms with Crippen LogP contribution in [-0.2, 0) is 0 Å². The quantitative estimate of drug-likeness (QED) is 0.514. The molecule has 3 aromatic rings. The lowest BCUT2D eigenvalue weighted by Crippen LogP contribution is -2.08. The molecule has 9 N–H and O–H groups in total. The number of H-pyrrole nitrogens is 1. The van der Waals surface area contributed by atoms with Crippen LogP contribution in [0.5, 0.6) is 0 Å². The summed E-state index contributed by atoms with van der Waals surface area (Å²) in [6.07, 6.45) is 6.38. The minimum absolute atomic E-state index is 0. The second-order valence-corrected chi connectivity index (χ2v) is 6.49. The lowest BCUT2D eigenvalue weighted by atomic mass is 10.2. The van der Waals surface area contributed by atoms with E-state index in [1.165, 1.54) is 12.8 Å². The van der Waals surface area contributed by atoms with Gasteiger partial charge in [-0.25, -0.2) is 0 Å². The Labute approximate surface area is 156 Å². The number of thiol groups is 1. The highest BCUT2D eigenvalue weighted by molar-refractivity contribution is 7.80. The van der Waals surface area contributed by atoms with E-state index in [1.54, 1.807) is 6.20 Å². The molecule has 0 unspecified atom stereocenters. The van der Waals surface area contributed by atoms with Crippen molar-refractivity contribution in [3.8, 4) is 0 Å². The molecule has 1 fully saturated rings. The van der Waals surface area contributed by atoms with Crippen LogP contribution in [0.2, 0.25) is 0 Å². The van der Waals surface area contributed by atoms with E-state index in [0.717, 1.165) is 28.9 Å². The fourth-order valence-electron chi connectivity index (χ4n) is 3.30. The van der Waals surface area contributed by atoms with Gasteiger partial charge >= 0.3 is 0 Å². The lowest BCUT2D eigenvalue weighted by molar-refractivity contribution is 0.483. The molecule has 2 aromatic heterocycles. The van der Waals surface area contributed by atoms with E-state index >= 15 is 0 Å². The van der Waals surface area contributed by atoms with Gasteiger partial charge in [0.05, 0.1) is 11.6 Å². The molecular formula is C17H25N5O3S. The zero-order valence-electron chi connectivity index (χ0n) is 14.3. The van der Waals surface area contributed by atoms with E-state index < -0.39 is 0 Å². The predicted molar refractivity (Wildman–Crippen MR) is 107 cm³/mol. The van der Waals surface area contributed by atoms with Gasteiger partial charge in [0.15, 0.2) is 5.82 Å². The number of nitrogens with zero attached hydrogens (tertiary/aromatic N) is 2. The summed E-state index contributed by atoms with van der Waals surface area (Å²) < 4.78 is 2.02. The van der Waals surface area contributed by atoms with Gasteiger partial charge < -0.3 is 27.4 Å². The Morgan fingerprint density at radius 2 is 1.77 bits per heavy atom. The van der Waals surface area contributed by atoms with Crippen LogP contribution in [0.4, 0.5) is 11.5 Å². The van der Waals surface area contributed by atoms with Crippen LogP contribution >= 0.6 is 12.6 Å². The number of nitrogens with one attached hydrogen (secondary N) is 2. The molecule has 1 aliphatic rings. The van der Waals surface area contributed by atoms with Crippen molar-refractivity contribution in [2.45, 2.75) is 36.6 Å². The van der Waals surface area contributed by atoms with Crippen molar-refractivity contribution in [1.29, 1.82) is 0 Å². The van der Waals surface area contributed by atoms with E-state index in [2.05, 4.69) is 22.9 Å². The fraction of sp³-hybridized carbons (Fsp3) is 0.294. The summed E-state index contributed by atoms with van der Waals surface area (Å²) in [5.74, 6) is 0.612. The van der Waals surface area contributed by atoms with Gasteiger partial charge in [0.2, 0.25) is 0 Å². The minimum atomic E-state index is -0.111. The van der Waals surface area contributed by atoms with Crippen molar-refractivity contribution in [1.82, 2.24) is 20.9 Å². The Morgan fingerprint density at radius 1 is 1.12 bits per heavy atom. The molecule has 1 saturated carbocycles. The maximum atomic E-state index is 12.3. The molecule has 0 aliphatic heterocycles. The molecule has 0 radical (unpaired) electrons. The molecule has 0 atom stereocenters. The highest BCUT2D eigenvalue weighted by Gasteiger charge is 2.22. The zero-order valence-corrected chi connectivity index (χ0v) is 15.2. The average molecular weight is 379 g/mol. The second kappa shape index (κ2) is 8.86. The van der Waals surface area contributed by atoms with Crippen molar-refractivity contribution < 1.29 is 11.0 Å². The normalized spacial score (nSPS) is 13.6. The highest BCUT2D eigenvalue weighted by atomic mass is 32.1. The summed E-state index contributed by atoms with van der Waals surface area (Å²) in [6, 6.07) is 10.00. The first-order valence-electron chi connectivity index (χ1n) is 7.88. The molecule has 0 spiro atoms. The maximum absolute atomic E-state index is 12.3. The van der Waals surface area contributed by atoms with E-state index in [9.17, 15) is 4.79 Å². The zero-order chi connectivity index (χ0) is 15.8. The monoisotopic (exact) mass is 379 g/mol. The number of rotatable bonds is 3. The molecule has 0 saturated heterocycles. The first kappa shape index (κ1) is 21.7. The topological polar surface area (TPSA) is 161 Å². The van der Waals surface area contributed by atoms with E-state index in [4.69, 9.17) is 5.10 Å². The summed E-state index contributed by atoms with van der Waals surface area (Å²) >= 11 is 4.29. The molecule has 4 rings (SSSR count). The third-order valence-corrected chi connectivity index (χ3v) is 4.73. The standard InChI is InChI=1S/C17H18N4OS.H3N.2H2O/c22-17-15-14(9-10-18-17)21(12-3-1-2-4-12)20-16(15)19-11-5-7-13(23)8-6-11;;;/h5-10,12,23H,1-4H2,(H,18,22)(H,19,20);1H3;2*1H2. The first-order chi connectivity index (χ1) is 11.2. The average Bonchev–Trinajstić information content (AvgIpc) is 3.18. The number of anilines is 2. The van der Waals surface area contributed by atoms with Crippen LogP contribution in [0, 0.1) is 0 Å². The Kier molecular flexibility index (Phi) is 7.40. The Bertz CT molecular complexity index is 901. The summed E-state index contributed by atoms with van der Waals surface area (Å²) in [4.78, 5) is 16.0. The number of pyridine rings is 1. The van der Waals surface area contributed by atoms with Crippen molar-refractivity contribution >= 4 is 35.0 Å². The van der Waals surface area contributed by atoms with Gasteiger partial charge in [-0.2, -0.15) is 5.10 Å². The molecule has 2 heterocycles. The molecule has 1 aromatic carbocycles. The fourth-order valence-corrected chi connectivity index (χ4v) is 3.44. The number of aromatic amines is 1. The van der Waals surface area contributed by atoms with Crippen molar-refractivity contribution in [3.05, 3.63) is 46.9 Å². The van der Waals surface area contributed by atoms with Crippen molar-refractivity contribution in [3.63, 3.8) is 0 Å². The van der Waals surface area contributed by atoms with E-state index in [-0.39, 0.29) is 22.7 Å². The number of aromatic nitrogens is 3. The van der Waals surface area contributed by atoms with Gasteiger partial charge in [-0.3, -0.25) is 9.48 Å². The predicted octanol–water partition coefficient (Wildman–Crippen LogP) is 2.38. The molecule has 142 valence electrons. The summed E-state index contributed by atoms with van der Waals surface area (Å²) in [6.45, 7) is 0. The Balaban J connectivity index is 0.00000113. The van der Waals surface area contributed by atoms with Crippen LogP contribution in [-0.4, -0.2) is 25.7 Å². The lowest BCUT2D eigenvalue weighted by Gasteiger charge is -2.10. The Morgan fingerprint density at radius 3 is 2.42 bits per heavy atom. The first-order valence-corrected chi connectivity index (χ1v) is 8.33. The molecule has 9 heteroatoms. The van der Waals surface area contributed by atoms with Crippen LogP contribution in [0.1, 0.15) is 31.7 Å². The van der Waals surface area contributed by atoms with Crippen LogP contribution in [0.3, 0.4) is 0 Å². The van der Waals surface area contributed by atoms with Crippen LogP contribution < -0.4 is 17.0 Å².